The molecule has 2 aliphatic rings. The van der Waals surface area contributed by atoms with Crippen LogP contribution in [0.25, 0.3) is 5.57 Å². The Morgan fingerprint density at radius 1 is 1.24 bits per heavy atom. The van der Waals surface area contributed by atoms with Gasteiger partial charge < -0.3 is 10.1 Å². The van der Waals surface area contributed by atoms with Crippen molar-refractivity contribution in [2.75, 3.05) is 19.4 Å². The molecule has 25 heavy (non-hydrogen) atoms. The van der Waals surface area contributed by atoms with Crippen LogP contribution in [0.15, 0.2) is 35.2 Å². The van der Waals surface area contributed by atoms with Crippen molar-refractivity contribution in [3.05, 3.63) is 51.2 Å². The third kappa shape index (κ3) is 3.53. The van der Waals surface area contributed by atoms with Crippen LogP contribution in [-0.4, -0.2) is 19.4 Å². The minimum absolute atomic E-state index is 0.308. The Morgan fingerprint density at radius 3 is 2.80 bits per heavy atom. The SMILES string of the molecule is CCSc1ccc(OCC2CC2)c(C2=CC(NC)c3sc(C)cc32)c1. The van der Waals surface area contributed by atoms with Gasteiger partial charge in [0.1, 0.15) is 5.75 Å². The highest BCUT2D eigenvalue weighted by atomic mass is 32.2. The van der Waals surface area contributed by atoms with Crippen LogP contribution >= 0.6 is 23.1 Å². The van der Waals surface area contributed by atoms with Crippen LogP contribution in [-0.2, 0) is 0 Å². The predicted octanol–water partition coefficient (Wildman–Crippen LogP) is 5.66. The van der Waals surface area contributed by atoms with E-state index < -0.39 is 0 Å². The highest BCUT2D eigenvalue weighted by Gasteiger charge is 2.28. The lowest BCUT2D eigenvalue weighted by atomic mass is 10.0. The van der Waals surface area contributed by atoms with E-state index in [-0.39, 0.29) is 0 Å². The first-order chi connectivity index (χ1) is 12.2. The zero-order valence-corrected chi connectivity index (χ0v) is 16.7. The molecule has 4 rings (SSSR count). The fraction of sp³-hybridized carbons (Fsp3) is 0.429. The number of hydrogen-bond donors (Lipinski definition) is 1. The summed E-state index contributed by atoms with van der Waals surface area (Å²) in [7, 11) is 2.04. The van der Waals surface area contributed by atoms with Gasteiger partial charge >= 0.3 is 0 Å². The molecule has 2 aliphatic carbocycles. The highest BCUT2D eigenvalue weighted by molar-refractivity contribution is 7.99. The van der Waals surface area contributed by atoms with Gasteiger partial charge in [0.15, 0.2) is 0 Å². The van der Waals surface area contributed by atoms with Gasteiger partial charge in [-0.25, -0.2) is 0 Å². The van der Waals surface area contributed by atoms with Gasteiger partial charge in [-0.15, -0.1) is 23.1 Å². The fourth-order valence-corrected chi connectivity index (χ4v) is 5.16. The number of benzene rings is 1. The smallest absolute Gasteiger partial charge is 0.127 e. The Hall–Kier alpha value is -1.23. The number of thiophene rings is 1. The Bertz CT molecular complexity index is 804. The minimum Gasteiger partial charge on any atom is -0.493 e. The van der Waals surface area contributed by atoms with Gasteiger partial charge in [0.25, 0.3) is 0 Å². The molecule has 0 spiro atoms. The third-order valence-corrected chi connectivity index (χ3v) is 6.83. The summed E-state index contributed by atoms with van der Waals surface area (Å²) in [5, 5.41) is 3.44. The van der Waals surface area contributed by atoms with Gasteiger partial charge in [-0.2, -0.15) is 0 Å². The third-order valence-electron chi connectivity index (χ3n) is 4.82. The molecule has 1 aromatic carbocycles. The molecule has 2 aromatic rings. The van der Waals surface area contributed by atoms with Crippen molar-refractivity contribution in [3.63, 3.8) is 0 Å². The minimum atomic E-state index is 0.308. The molecule has 0 radical (unpaired) electrons. The summed E-state index contributed by atoms with van der Waals surface area (Å²) in [5.74, 6) is 2.88. The van der Waals surface area contributed by atoms with Crippen LogP contribution in [0.5, 0.6) is 5.75 Å². The predicted molar refractivity (Wildman–Crippen MR) is 109 cm³/mol. The maximum Gasteiger partial charge on any atom is 0.127 e. The molecular weight excluding hydrogens is 346 g/mol. The maximum absolute atomic E-state index is 6.23. The van der Waals surface area contributed by atoms with Crippen LogP contribution < -0.4 is 10.1 Å². The normalized spacial score (nSPS) is 19.0. The molecule has 1 unspecified atom stereocenters. The van der Waals surface area contributed by atoms with E-state index in [9.17, 15) is 0 Å². The van der Waals surface area contributed by atoms with Crippen molar-refractivity contribution in [2.45, 2.75) is 37.6 Å². The number of thioether (sulfide) groups is 1. The van der Waals surface area contributed by atoms with Gasteiger partial charge in [-0.1, -0.05) is 13.0 Å². The highest BCUT2D eigenvalue weighted by Crippen LogP contribution is 2.46. The number of likely N-dealkylation sites (N-methyl/N-ethyl adjacent to an activating group) is 1. The number of fused-ring (bicyclic) bond motifs is 1. The molecule has 0 saturated heterocycles. The van der Waals surface area contributed by atoms with Crippen molar-refractivity contribution < 1.29 is 4.74 Å². The Morgan fingerprint density at radius 2 is 2.08 bits per heavy atom. The molecule has 1 saturated carbocycles. The summed E-state index contributed by atoms with van der Waals surface area (Å²) in [5.41, 5.74) is 3.94. The van der Waals surface area contributed by atoms with E-state index in [0.29, 0.717) is 6.04 Å². The summed E-state index contributed by atoms with van der Waals surface area (Å²) in [6, 6.07) is 9.32. The molecule has 4 heteroatoms. The van der Waals surface area contributed by atoms with Crippen molar-refractivity contribution >= 4 is 28.7 Å². The first-order valence-corrected chi connectivity index (χ1v) is 10.9. The molecule has 1 atom stereocenters. The van der Waals surface area contributed by atoms with Crippen molar-refractivity contribution in [2.24, 2.45) is 5.92 Å². The van der Waals surface area contributed by atoms with E-state index in [1.807, 2.05) is 30.1 Å². The second-order valence-corrected chi connectivity index (χ2v) is 9.45. The first-order valence-electron chi connectivity index (χ1n) is 9.09. The molecule has 0 bridgehead atoms. The molecule has 1 heterocycles. The van der Waals surface area contributed by atoms with E-state index in [0.717, 1.165) is 24.0 Å². The van der Waals surface area contributed by atoms with Crippen molar-refractivity contribution in [3.8, 4) is 5.75 Å². The summed E-state index contributed by atoms with van der Waals surface area (Å²) in [6.07, 6.45) is 5.00. The monoisotopic (exact) mass is 371 g/mol. The average Bonchev–Trinajstić information content (AvgIpc) is 3.27. The first kappa shape index (κ1) is 17.2. The Kier molecular flexibility index (Phi) is 4.94. The fourth-order valence-electron chi connectivity index (χ4n) is 3.35. The van der Waals surface area contributed by atoms with Gasteiger partial charge in [-0.05, 0) is 73.9 Å². The molecular formula is C21H25NOS2. The van der Waals surface area contributed by atoms with Gasteiger partial charge in [0, 0.05) is 20.2 Å². The summed E-state index contributed by atoms with van der Waals surface area (Å²) >= 11 is 3.79. The lowest BCUT2D eigenvalue weighted by Crippen LogP contribution is -2.10. The van der Waals surface area contributed by atoms with Crippen molar-refractivity contribution in [1.29, 1.82) is 0 Å². The number of rotatable bonds is 7. The topological polar surface area (TPSA) is 21.3 Å². The maximum atomic E-state index is 6.23. The standard InChI is InChI=1S/C21H25NOS2/c1-4-24-15-7-8-20(23-12-14-5-6-14)17(10-15)16-11-19(22-3)21-18(16)9-13(2)25-21/h7-11,14,19,22H,4-6,12H2,1-3H3. The molecule has 1 fully saturated rings. The van der Waals surface area contributed by atoms with E-state index >= 15 is 0 Å². The Balaban J connectivity index is 1.74. The van der Waals surface area contributed by atoms with Gasteiger partial charge in [0.05, 0.1) is 12.6 Å². The summed E-state index contributed by atoms with van der Waals surface area (Å²) < 4.78 is 6.23. The average molecular weight is 372 g/mol. The quantitative estimate of drug-likeness (QED) is 0.634. The number of ether oxygens (including phenoxy) is 1. The second-order valence-electron chi connectivity index (χ2n) is 6.83. The Labute approximate surface area is 158 Å². The zero-order chi connectivity index (χ0) is 17.4. The summed E-state index contributed by atoms with van der Waals surface area (Å²) in [6.45, 7) is 5.25. The van der Waals surface area contributed by atoms with Crippen LogP contribution in [0.3, 0.4) is 0 Å². The van der Waals surface area contributed by atoms with E-state index in [1.54, 1.807) is 0 Å². The van der Waals surface area contributed by atoms with Crippen LogP contribution in [0, 0.1) is 12.8 Å². The van der Waals surface area contributed by atoms with Crippen LogP contribution in [0.4, 0.5) is 0 Å². The van der Waals surface area contributed by atoms with E-state index in [2.05, 4.69) is 49.5 Å². The largest absolute Gasteiger partial charge is 0.493 e. The van der Waals surface area contributed by atoms with Gasteiger partial charge in [0.2, 0.25) is 0 Å². The summed E-state index contributed by atoms with van der Waals surface area (Å²) in [4.78, 5) is 4.12. The van der Waals surface area contributed by atoms with E-state index in [4.69, 9.17) is 4.74 Å². The second kappa shape index (κ2) is 7.18. The van der Waals surface area contributed by atoms with E-state index in [1.165, 1.54) is 44.2 Å². The number of nitrogens with one attached hydrogen (secondary N) is 1. The molecule has 1 aromatic heterocycles. The van der Waals surface area contributed by atoms with Gasteiger partial charge in [-0.3, -0.25) is 0 Å². The number of hydrogen-bond acceptors (Lipinski definition) is 4. The molecule has 0 aliphatic heterocycles. The van der Waals surface area contributed by atoms with Crippen molar-refractivity contribution in [1.82, 2.24) is 5.32 Å². The molecule has 2 nitrogen and oxygen atoms in total. The zero-order valence-electron chi connectivity index (χ0n) is 15.1. The molecule has 0 amide bonds. The number of aryl methyl sites for hydroxylation is 1. The molecule has 132 valence electrons. The molecule has 1 N–H and O–H groups in total. The lowest BCUT2D eigenvalue weighted by Gasteiger charge is -2.14. The van der Waals surface area contributed by atoms with Crippen LogP contribution in [0.1, 0.15) is 46.7 Å². The van der Waals surface area contributed by atoms with Crippen LogP contribution in [0.2, 0.25) is 0 Å². The lowest BCUT2D eigenvalue weighted by molar-refractivity contribution is 0.299.